The molecule has 3 aromatic rings. The van der Waals surface area contributed by atoms with Crippen LogP contribution in [0, 0.1) is 0 Å². The van der Waals surface area contributed by atoms with Crippen LogP contribution in [-0.2, 0) is 9.84 Å². The molecule has 0 aliphatic heterocycles. The third-order valence-corrected chi connectivity index (χ3v) is 7.82. The quantitative estimate of drug-likeness (QED) is 0.640. The van der Waals surface area contributed by atoms with E-state index in [1.165, 1.54) is 0 Å². The standard InChI is InChI=1S/C23H20O4S/c1-26-22-16-10-6-7-11-17(16)23(27-2)21-18-12-14(20(21)22)13-19(18)28(24,25)15-8-4-3-5-9-15/h3-11,13-14,18H,12H2,1-2H3/t14-,18+/m0/s1. The minimum Gasteiger partial charge on any atom is -0.496 e. The molecule has 2 aliphatic carbocycles. The van der Waals surface area contributed by atoms with Gasteiger partial charge in [0.2, 0.25) is 9.84 Å². The van der Waals surface area contributed by atoms with Gasteiger partial charge in [0, 0.05) is 33.7 Å². The van der Waals surface area contributed by atoms with Crippen LogP contribution in [0.4, 0.5) is 0 Å². The zero-order valence-electron chi connectivity index (χ0n) is 15.7. The van der Waals surface area contributed by atoms with Crippen LogP contribution >= 0.6 is 0 Å². The van der Waals surface area contributed by atoms with Crippen molar-refractivity contribution >= 4 is 20.6 Å². The van der Waals surface area contributed by atoms with Crippen LogP contribution in [0.1, 0.15) is 29.4 Å². The molecule has 0 heterocycles. The van der Waals surface area contributed by atoms with Gasteiger partial charge in [-0.2, -0.15) is 0 Å². The van der Waals surface area contributed by atoms with E-state index in [0.29, 0.717) is 9.80 Å². The third-order valence-electron chi connectivity index (χ3n) is 5.89. The van der Waals surface area contributed by atoms with E-state index in [1.54, 1.807) is 38.5 Å². The van der Waals surface area contributed by atoms with Crippen molar-refractivity contribution < 1.29 is 17.9 Å². The maximum absolute atomic E-state index is 13.3. The Balaban J connectivity index is 1.76. The fourth-order valence-electron chi connectivity index (χ4n) is 4.79. The number of fused-ring (bicyclic) bond motifs is 6. The van der Waals surface area contributed by atoms with Crippen molar-refractivity contribution in [1.29, 1.82) is 0 Å². The summed E-state index contributed by atoms with van der Waals surface area (Å²) >= 11 is 0. The van der Waals surface area contributed by atoms with Crippen molar-refractivity contribution in [2.45, 2.75) is 23.2 Å². The highest BCUT2D eigenvalue weighted by Crippen LogP contribution is 2.61. The second-order valence-electron chi connectivity index (χ2n) is 7.22. The summed E-state index contributed by atoms with van der Waals surface area (Å²) in [7, 11) is -0.224. The summed E-state index contributed by atoms with van der Waals surface area (Å²) in [6, 6.07) is 16.6. The number of allylic oxidation sites excluding steroid dienone is 2. The molecular formula is C23H20O4S. The first-order valence-corrected chi connectivity index (χ1v) is 10.7. The maximum atomic E-state index is 13.3. The lowest BCUT2D eigenvalue weighted by Crippen LogP contribution is -2.13. The lowest BCUT2D eigenvalue weighted by atomic mass is 9.90. The fourth-order valence-corrected chi connectivity index (χ4v) is 6.51. The highest BCUT2D eigenvalue weighted by Gasteiger charge is 2.47. The number of hydrogen-bond donors (Lipinski definition) is 0. The van der Waals surface area contributed by atoms with Gasteiger partial charge in [0.25, 0.3) is 0 Å². The molecule has 0 saturated heterocycles. The Morgan fingerprint density at radius 3 is 2.00 bits per heavy atom. The summed E-state index contributed by atoms with van der Waals surface area (Å²) in [6.45, 7) is 0. The van der Waals surface area contributed by atoms with Gasteiger partial charge in [0.1, 0.15) is 11.5 Å². The number of sulfone groups is 1. The van der Waals surface area contributed by atoms with Crippen molar-refractivity contribution in [3.63, 3.8) is 0 Å². The second-order valence-corrected chi connectivity index (χ2v) is 9.17. The van der Waals surface area contributed by atoms with E-state index in [0.717, 1.165) is 39.8 Å². The van der Waals surface area contributed by atoms with Gasteiger partial charge in [-0.15, -0.1) is 0 Å². The Labute approximate surface area is 164 Å². The maximum Gasteiger partial charge on any atom is 0.203 e. The van der Waals surface area contributed by atoms with E-state index in [2.05, 4.69) is 0 Å². The molecule has 0 saturated carbocycles. The summed E-state index contributed by atoms with van der Waals surface area (Å²) in [6.07, 6.45) is 2.64. The molecule has 142 valence electrons. The Morgan fingerprint density at radius 2 is 1.39 bits per heavy atom. The highest BCUT2D eigenvalue weighted by molar-refractivity contribution is 7.95. The SMILES string of the molecule is COc1c2c(c(OC)c3ccccc13)[C@@H]1C[C@H]2C=C1S(=O)(=O)c1ccccc1. The summed E-state index contributed by atoms with van der Waals surface area (Å²) in [5.41, 5.74) is 2.02. The Bertz CT molecular complexity index is 1230. The van der Waals surface area contributed by atoms with Crippen LogP contribution in [0.2, 0.25) is 0 Å². The fraction of sp³-hybridized carbons (Fsp3) is 0.217. The van der Waals surface area contributed by atoms with E-state index < -0.39 is 9.84 Å². The normalized spacial score (nSPS) is 20.1. The molecule has 0 fully saturated rings. The summed E-state index contributed by atoms with van der Waals surface area (Å²) < 4.78 is 38.2. The molecule has 5 heteroatoms. The molecule has 2 bridgehead atoms. The van der Waals surface area contributed by atoms with Crippen LogP contribution in [0.5, 0.6) is 11.5 Å². The van der Waals surface area contributed by atoms with E-state index in [1.807, 2.05) is 36.4 Å². The average molecular weight is 392 g/mol. The van der Waals surface area contributed by atoms with Crippen LogP contribution in [0.15, 0.2) is 70.5 Å². The molecule has 3 aromatic carbocycles. The zero-order chi connectivity index (χ0) is 19.5. The molecule has 0 radical (unpaired) electrons. The molecular weight excluding hydrogens is 372 g/mol. The topological polar surface area (TPSA) is 52.6 Å². The molecule has 28 heavy (non-hydrogen) atoms. The average Bonchev–Trinajstić information content (AvgIpc) is 3.32. The van der Waals surface area contributed by atoms with Gasteiger partial charge in [-0.05, 0) is 18.6 Å². The molecule has 4 nitrogen and oxygen atoms in total. The summed E-state index contributed by atoms with van der Waals surface area (Å²) in [5.74, 6) is 1.39. The first-order valence-electron chi connectivity index (χ1n) is 9.26. The van der Waals surface area contributed by atoms with Crippen LogP contribution in [0.3, 0.4) is 0 Å². The molecule has 0 N–H and O–H groups in total. The zero-order valence-corrected chi connectivity index (χ0v) is 16.5. The van der Waals surface area contributed by atoms with Gasteiger partial charge < -0.3 is 9.47 Å². The van der Waals surface area contributed by atoms with E-state index in [9.17, 15) is 8.42 Å². The monoisotopic (exact) mass is 392 g/mol. The summed E-state index contributed by atoms with van der Waals surface area (Å²) in [5, 5.41) is 1.94. The van der Waals surface area contributed by atoms with Gasteiger partial charge in [-0.3, -0.25) is 0 Å². The number of ether oxygens (including phenoxy) is 2. The first kappa shape index (κ1) is 17.3. The Morgan fingerprint density at radius 1 is 0.821 bits per heavy atom. The lowest BCUT2D eigenvalue weighted by molar-refractivity contribution is 0.403. The minimum absolute atomic E-state index is 0.0157. The molecule has 0 amide bonds. The number of rotatable bonds is 4. The van der Waals surface area contributed by atoms with Crippen molar-refractivity contribution in [3.05, 3.63) is 76.7 Å². The van der Waals surface area contributed by atoms with E-state index in [-0.39, 0.29) is 11.8 Å². The second kappa shape index (κ2) is 6.11. The molecule has 2 atom stereocenters. The van der Waals surface area contributed by atoms with Crippen molar-refractivity contribution in [1.82, 2.24) is 0 Å². The minimum atomic E-state index is -3.55. The largest absolute Gasteiger partial charge is 0.496 e. The van der Waals surface area contributed by atoms with Crippen LogP contribution in [-0.4, -0.2) is 22.6 Å². The molecule has 5 rings (SSSR count). The van der Waals surface area contributed by atoms with Crippen molar-refractivity contribution in [2.75, 3.05) is 14.2 Å². The van der Waals surface area contributed by atoms with Crippen LogP contribution in [0.25, 0.3) is 10.8 Å². The highest BCUT2D eigenvalue weighted by atomic mass is 32.2. The summed E-state index contributed by atoms with van der Waals surface area (Å²) in [4.78, 5) is 0.814. The van der Waals surface area contributed by atoms with Crippen molar-refractivity contribution in [3.8, 4) is 11.5 Å². The molecule has 0 spiro atoms. The molecule has 0 unspecified atom stereocenters. The van der Waals surface area contributed by atoms with Gasteiger partial charge in [0.15, 0.2) is 0 Å². The number of hydrogen-bond acceptors (Lipinski definition) is 4. The molecule has 2 aliphatic rings. The van der Waals surface area contributed by atoms with E-state index >= 15 is 0 Å². The van der Waals surface area contributed by atoms with Gasteiger partial charge in [0.05, 0.1) is 24.0 Å². The number of benzene rings is 3. The smallest absolute Gasteiger partial charge is 0.203 e. The molecule has 0 aromatic heterocycles. The predicted octanol–water partition coefficient (Wildman–Crippen LogP) is 4.80. The predicted molar refractivity (Wildman–Crippen MR) is 109 cm³/mol. The Hall–Kier alpha value is -2.79. The van der Waals surface area contributed by atoms with Crippen LogP contribution < -0.4 is 9.47 Å². The Kier molecular flexibility index (Phi) is 3.78. The van der Waals surface area contributed by atoms with E-state index in [4.69, 9.17) is 9.47 Å². The lowest BCUT2D eigenvalue weighted by Gasteiger charge is -2.24. The van der Waals surface area contributed by atoms with Gasteiger partial charge in [-0.1, -0.05) is 48.5 Å². The first-order chi connectivity index (χ1) is 13.6. The van der Waals surface area contributed by atoms with Gasteiger partial charge >= 0.3 is 0 Å². The van der Waals surface area contributed by atoms with Crippen molar-refractivity contribution in [2.24, 2.45) is 0 Å². The number of methoxy groups -OCH3 is 2. The third kappa shape index (κ3) is 2.20. The van der Waals surface area contributed by atoms with Gasteiger partial charge in [-0.25, -0.2) is 8.42 Å².